The van der Waals surface area contributed by atoms with E-state index in [1.807, 2.05) is 30.8 Å². The Labute approximate surface area is 128 Å². The zero-order valence-electron chi connectivity index (χ0n) is 15.1. The molecule has 3 heterocycles. The van der Waals surface area contributed by atoms with Crippen LogP contribution in [-0.4, -0.2) is 9.55 Å². The lowest BCUT2D eigenvalue weighted by Crippen LogP contribution is -2.30. The molecule has 0 fully saturated rings. The van der Waals surface area contributed by atoms with E-state index in [0.29, 0.717) is 5.56 Å². The van der Waals surface area contributed by atoms with E-state index in [0.717, 1.165) is 40.1 Å². The highest BCUT2D eigenvalue weighted by atomic mass is 15.1. The molecule has 1 aromatic carbocycles. The zero-order valence-corrected chi connectivity index (χ0v) is 12.1. The summed E-state index contributed by atoms with van der Waals surface area (Å²) in [5.41, 5.74) is 5.45. The SMILES string of the molecule is [2H]C([2H])([2H])c1ccc(-c2cc3c(c[n+]2C)nc2n3C=CC2)c(C)c1. The van der Waals surface area contributed by atoms with Crippen molar-refractivity contribution in [3.63, 3.8) is 0 Å². The lowest BCUT2D eigenvalue weighted by atomic mass is 10.0. The molecule has 0 amide bonds. The third-order valence-corrected chi connectivity index (χ3v) is 4.08. The topological polar surface area (TPSA) is 21.7 Å². The minimum Gasteiger partial charge on any atom is -0.303 e. The summed E-state index contributed by atoms with van der Waals surface area (Å²) in [6, 6.07) is 7.47. The van der Waals surface area contributed by atoms with E-state index in [1.54, 1.807) is 12.1 Å². The first-order valence-corrected chi connectivity index (χ1v) is 7.03. The summed E-state index contributed by atoms with van der Waals surface area (Å²) in [5.74, 6) is 1.05. The number of aromatic nitrogens is 3. The number of rotatable bonds is 1. The summed E-state index contributed by atoms with van der Waals surface area (Å²) >= 11 is 0. The quantitative estimate of drug-likeness (QED) is 0.627. The molecule has 1 aliphatic heterocycles. The van der Waals surface area contributed by atoms with Gasteiger partial charge >= 0.3 is 0 Å². The highest BCUT2D eigenvalue weighted by Gasteiger charge is 2.19. The van der Waals surface area contributed by atoms with E-state index in [9.17, 15) is 0 Å². The van der Waals surface area contributed by atoms with Crippen LogP contribution < -0.4 is 4.57 Å². The van der Waals surface area contributed by atoms with Crippen LogP contribution in [-0.2, 0) is 13.5 Å². The number of hydrogen-bond donors (Lipinski definition) is 0. The Hall–Kier alpha value is -2.42. The molecule has 2 aromatic heterocycles. The number of allylic oxidation sites excluding steroid dienone is 1. The van der Waals surface area contributed by atoms with Gasteiger partial charge in [0, 0.05) is 28.4 Å². The standard InChI is InChI=1S/C18H18N3/c1-12-6-7-14(13(2)9-12)16-10-17-15(11-20(16)3)19-18-5-4-8-21(17)18/h4,6-11H,5H2,1-3H3/q+1/i1D3. The second kappa shape index (κ2) is 4.29. The van der Waals surface area contributed by atoms with Crippen LogP contribution in [0.3, 0.4) is 0 Å². The van der Waals surface area contributed by atoms with Gasteiger partial charge in [0.2, 0.25) is 5.69 Å². The van der Waals surface area contributed by atoms with Crippen LogP contribution in [0, 0.1) is 13.8 Å². The summed E-state index contributed by atoms with van der Waals surface area (Å²) in [5, 5.41) is 0. The van der Waals surface area contributed by atoms with Crippen LogP contribution in [0.15, 0.2) is 36.5 Å². The minimum atomic E-state index is -2.08. The second-order valence-electron chi connectivity index (χ2n) is 5.56. The molecule has 1 aliphatic rings. The summed E-state index contributed by atoms with van der Waals surface area (Å²) in [4.78, 5) is 4.66. The highest BCUT2D eigenvalue weighted by molar-refractivity contribution is 5.81. The Morgan fingerprint density at radius 3 is 3.05 bits per heavy atom. The van der Waals surface area contributed by atoms with Crippen molar-refractivity contribution in [1.82, 2.24) is 9.55 Å². The van der Waals surface area contributed by atoms with Crippen molar-refractivity contribution in [1.29, 1.82) is 0 Å². The maximum absolute atomic E-state index is 7.57. The predicted molar refractivity (Wildman–Crippen MR) is 84.9 cm³/mol. The van der Waals surface area contributed by atoms with Crippen molar-refractivity contribution >= 4 is 17.2 Å². The van der Waals surface area contributed by atoms with Crippen LogP contribution in [0.1, 0.15) is 21.1 Å². The largest absolute Gasteiger partial charge is 0.303 e. The van der Waals surface area contributed by atoms with Gasteiger partial charge < -0.3 is 4.57 Å². The normalized spacial score (nSPS) is 15.8. The van der Waals surface area contributed by atoms with Crippen LogP contribution >= 0.6 is 0 Å². The molecule has 4 rings (SSSR count). The molecule has 0 saturated heterocycles. The first kappa shape index (κ1) is 9.50. The Bertz CT molecular complexity index is 997. The van der Waals surface area contributed by atoms with Gasteiger partial charge in [0.25, 0.3) is 0 Å². The van der Waals surface area contributed by atoms with Gasteiger partial charge in [-0.1, -0.05) is 23.8 Å². The van der Waals surface area contributed by atoms with E-state index < -0.39 is 6.85 Å². The second-order valence-corrected chi connectivity index (χ2v) is 5.56. The smallest absolute Gasteiger partial charge is 0.214 e. The van der Waals surface area contributed by atoms with Gasteiger partial charge in [-0.15, -0.1) is 0 Å². The summed E-state index contributed by atoms with van der Waals surface area (Å²) in [6.07, 6.45) is 7.05. The first-order valence-electron chi connectivity index (χ1n) is 8.53. The molecule has 3 nitrogen and oxygen atoms in total. The van der Waals surface area contributed by atoms with Gasteiger partial charge in [0.15, 0.2) is 11.7 Å². The number of aryl methyl sites for hydroxylation is 3. The number of fused-ring (bicyclic) bond motifs is 3. The molecule has 0 spiro atoms. The van der Waals surface area contributed by atoms with E-state index in [1.165, 1.54) is 0 Å². The zero-order chi connectivity index (χ0) is 17.1. The third kappa shape index (κ3) is 1.81. The Kier molecular flexibility index (Phi) is 1.94. The van der Waals surface area contributed by atoms with Crippen molar-refractivity contribution in [3.05, 3.63) is 53.5 Å². The van der Waals surface area contributed by atoms with Crippen molar-refractivity contribution in [2.45, 2.75) is 20.2 Å². The molecule has 0 atom stereocenters. The molecular formula is C18H18N3+. The summed E-state index contributed by atoms with van der Waals surface area (Å²) in [7, 11) is 1.99. The molecular weight excluding hydrogens is 258 g/mol. The number of imidazole rings is 1. The Balaban J connectivity index is 1.90. The average molecular weight is 279 g/mol. The number of benzene rings is 1. The lowest BCUT2D eigenvalue weighted by Gasteiger charge is -2.06. The van der Waals surface area contributed by atoms with Crippen LogP contribution in [0.25, 0.3) is 28.5 Å². The van der Waals surface area contributed by atoms with Gasteiger partial charge in [-0.05, 0) is 25.4 Å². The van der Waals surface area contributed by atoms with E-state index in [4.69, 9.17) is 4.11 Å². The molecule has 0 saturated carbocycles. The van der Waals surface area contributed by atoms with Crippen LogP contribution in [0.5, 0.6) is 0 Å². The number of pyridine rings is 1. The Morgan fingerprint density at radius 1 is 1.33 bits per heavy atom. The molecule has 0 bridgehead atoms. The average Bonchev–Trinajstić information content (AvgIpc) is 3.06. The molecule has 21 heavy (non-hydrogen) atoms. The van der Waals surface area contributed by atoms with Gasteiger partial charge in [0.1, 0.15) is 12.9 Å². The van der Waals surface area contributed by atoms with Crippen molar-refractivity contribution < 1.29 is 8.68 Å². The number of hydrogen-bond acceptors (Lipinski definition) is 1. The molecule has 104 valence electrons. The minimum absolute atomic E-state index is 0.376. The maximum Gasteiger partial charge on any atom is 0.214 e. The van der Waals surface area contributed by atoms with Gasteiger partial charge in [-0.2, -0.15) is 4.57 Å². The van der Waals surface area contributed by atoms with E-state index in [-0.39, 0.29) is 0 Å². The molecule has 0 N–H and O–H groups in total. The molecule has 3 heteroatoms. The summed E-state index contributed by atoms with van der Waals surface area (Å²) in [6.45, 7) is -0.123. The van der Waals surface area contributed by atoms with Crippen molar-refractivity contribution in [2.24, 2.45) is 7.05 Å². The predicted octanol–water partition coefficient (Wildman–Crippen LogP) is 3.17. The van der Waals surface area contributed by atoms with Crippen LogP contribution in [0.4, 0.5) is 0 Å². The molecule has 0 unspecified atom stereocenters. The van der Waals surface area contributed by atoms with Crippen LogP contribution in [0.2, 0.25) is 0 Å². The lowest BCUT2D eigenvalue weighted by molar-refractivity contribution is -0.659. The Morgan fingerprint density at radius 2 is 2.24 bits per heavy atom. The fourth-order valence-electron chi connectivity index (χ4n) is 3.03. The molecule has 0 radical (unpaired) electrons. The van der Waals surface area contributed by atoms with Gasteiger partial charge in [0.05, 0.1) is 5.52 Å². The van der Waals surface area contributed by atoms with E-state index >= 15 is 0 Å². The fraction of sp³-hybridized carbons (Fsp3) is 0.222. The van der Waals surface area contributed by atoms with Gasteiger partial charge in [-0.3, -0.25) is 0 Å². The molecule has 3 aromatic rings. The highest BCUT2D eigenvalue weighted by Crippen LogP contribution is 2.26. The fourth-order valence-corrected chi connectivity index (χ4v) is 3.03. The van der Waals surface area contributed by atoms with Crippen molar-refractivity contribution in [2.75, 3.05) is 0 Å². The number of nitrogens with zero attached hydrogens (tertiary/aromatic N) is 3. The summed E-state index contributed by atoms with van der Waals surface area (Å²) < 4.78 is 26.9. The monoisotopic (exact) mass is 279 g/mol. The first-order chi connectivity index (χ1) is 11.3. The molecule has 0 aliphatic carbocycles. The maximum atomic E-state index is 7.57. The van der Waals surface area contributed by atoms with E-state index in [2.05, 4.69) is 27.9 Å². The van der Waals surface area contributed by atoms with Gasteiger partial charge in [-0.25, -0.2) is 4.98 Å². The third-order valence-electron chi connectivity index (χ3n) is 4.08. The van der Waals surface area contributed by atoms with Crippen molar-refractivity contribution in [3.8, 4) is 11.3 Å².